The van der Waals surface area contributed by atoms with Crippen molar-refractivity contribution >= 4 is 27.7 Å². The van der Waals surface area contributed by atoms with Crippen LogP contribution in [0.1, 0.15) is 38.4 Å². The molecule has 2 aromatic heterocycles. The Balaban J connectivity index is 1.41. The van der Waals surface area contributed by atoms with Crippen molar-refractivity contribution in [3.63, 3.8) is 0 Å². The average molecular weight is 478 g/mol. The molecule has 2 aromatic carbocycles. The van der Waals surface area contributed by atoms with E-state index < -0.39 is 0 Å². The Bertz CT molecular complexity index is 1210. The molecule has 0 saturated carbocycles. The summed E-state index contributed by atoms with van der Waals surface area (Å²) in [4.78, 5) is 12.7. The minimum atomic E-state index is -0.195. The first-order valence-corrected chi connectivity index (χ1v) is 10.9. The van der Waals surface area contributed by atoms with E-state index >= 15 is 0 Å². The van der Waals surface area contributed by atoms with Gasteiger partial charge in [0.15, 0.2) is 5.82 Å². The predicted molar refractivity (Wildman–Crippen MR) is 125 cm³/mol. The highest BCUT2D eigenvalue weighted by Crippen LogP contribution is 2.22. The minimum Gasteiger partial charge on any atom is -0.304 e. The Kier molecular flexibility index (Phi) is 6.04. The highest BCUT2D eigenvalue weighted by molar-refractivity contribution is 9.10. The van der Waals surface area contributed by atoms with Gasteiger partial charge < -0.3 is 5.32 Å². The largest absolute Gasteiger partial charge is 0.304 e. The van der Waals surface area contributed by atoms with Gasteiger partial charge in [0.2, 0.25) is 0 Å². The van der Waals surface area contributed by atoms with Gasteiger partial charge in [-0.2, -0.15) is 10.2 Å². The smallest absolute Gasteiger partial charge is 0.256 e. The van der Waals surface area contributed by atoms with Crippen LogP contribution in [0.25, 0.3) is 0 Å². The van der Waals surface area contributed by atoms with Gasteiger partial charge in [-0.05, 0) is 66.0 Å². The van der Waals surface area contributed by atoms with Crippen LogP contribution in [0.4, 0.5) is 5.82 Å². The summed E-state index contributed by atoms with van der Waals surface area (Å²) in [7, 11) is 0. The van der Waals surface area contributed by atoms with Gasteiger partial charge in [-0.3, -0.25) is 14.2 Å². The summed E-state index contributed by atoms with van der Waals surface area (Å²) in [5, 5.41) is 11.9. The van der Waals surface area contributed by atoms with E-state index in [9.17, 15) is 4.79 Å². The molecule has 6 nitrogen and oxygen atoms in total. The number of benzene rings is 2. The normalized spacial score (nSPS) is 11.0. The molecule has 0 fully saturated rings. The lowest BCUT2D eigenvalue weighted by atomic mass is 10.1. The summed E-state index contributed by atoms with van der Waals surface area (Å²) in [6.45, 7) is 7.40. The molecule has 0 aliphatic carbocycles. The molecule has 0 unspecified atom stereocenters. The fourth-order valence-electron chi connectivity index (χ4n) is 3.39. The maximum Gasteiger partial charge on any atom is 0.256 e. The van der Waals surface area contributed by atoms with E-state index in [1.165, 1.54) is 5.56 Å². The molecule has 2 heterocycles. The molecule has 0 spiro atoms. The summed E-state index contributed by atoms with van der Waals surface area (Å²) in [6.07, 6.45) is 1.87. The van der Waals surface area contributed by atoms with E-state index in [1.807, 2.05) is 53.7 Å². The zero-order chi connectivity index (χ0) is 22.0. The van der Waals surface area contributed by atoms with Crippen molar-refractivity contribution in [2.45, 2.75) is 33.9 Å². The number of anilines is 1. The predicted octanol–water partition coefficient (Wildman–Crippen LogP) is 5.12. The van der Waals surface area contributed by atoms with Crippen molar-refractivity contribution in [1.82, 2.24) is 19.6 Å². The van der Waals surface area contributed by atoms with Crippen LogP contribution in [0, 0.1) is 20.8 Å². The number of carbonyl (C=O) groups is 1. The number of amides is 1. The van der Waals surface area contributed by atoms with Crippen LogP contribution in [0.15, 0.2) is 65.3 Å². The number of nitrogens with zero attached hydrogens (tertiary/aromatic N) is 4. The third-order valence-corrected chi connectivity index (χ3v) is 5.65. The van der Waals surface area contributed by atoms with E-state index in [0.29, 0.717) is 24.5 Å². The Hall–Kier alpha value is -3.19. The number of halogens is 1. The van der Waals surface area contributed by atoms with Crippen LogP contribution in [0.5, 0.6) is 0 Å². The Morgan fingerprint density at radius 1 is 0.935 bits per heavy atom. The van der Waals surface area contributed by atoms with Gasteiger partial charge in [0, 0.05) is 17.5 Å². The average Bonchev–Trinajstić information content (AvgIpc) is 3.24. The quantitative estimate of drug-likeness (QED) is 0.419. The third-order valence-electron chi connectivity index (χ3n) is 5.07. The number of hydrogen-bond acceptors (Lipinski definition) is 3. The fraction of sp³-hybridized carbons (Fsp3) is 0.208. The molecule has 1 amide bonds. The van der Waals surface area contributed by atoms with Crippen molar-refractivity contribution in [3.05, 3.63) is 98.9 Å². The van der Waals surface area contributed by atoms with Gasteiger partial charge in [-0.15, -0.1) is 0 Å². The van der Waals surface area contributed by atoms with Crippen molar-refractivity contribution in [1.29, 1.82) is 0 Å². The number of rotatable bonds is 6. The molecular weight excluding hydrogens is 454 g/mol. The fourth-order valence-corrected chi connectivity index (χ4v) is 3.81. The van der Waals surface area contributed by atoms with Crippen molar-refractivity contribution in [3.8, 4) is 0 Å². The monoisotopic (exact) mass is 477 g/mol. The lowest BCUT2D eigenvalue weighted by Crippen LogP contribution is -2.13. The SMILES string of the molecule is Cc1ccc(Cn2cc(Br)c(NC(=O)c3ccc(Cn4nc(C)cc4C)cc3)n2)cc1. The third kappa shape index (κ3) is 5.11. The number of nitrogens with one attached hydrogen (secondary N) is 1. The first-order valence-electron chi connectivity index (χ1n) is 10.1. The maximum absolute atomic E-state index is 12.7. The second-order valence-corrected chi connectivity index (χ2v) is 8.60. The Morgan fingerprint density at radius 2 is 1.58 bits per heavy atom. The second-order valence-electron chi connectivity index (χ2n) is 7.74. The van der Waals surface area contributed by atoms with E-state index in [-0.39, 0.29) is 5.91 Å². The number of hydrogen-bond donors (Lipinski definition) is 1. The van der Waals surface area contributed by atoms with E-state index in [2.05, 4.69) is 68.7 Å². The molecular formula is C24H24BrN5O. The summed E-state index contributed by atoms with van der Waals surface area (Å²) in [5.41, 5.74) is 6.16. The summed E-state index contributed by atoms with van der Waals surface area (Å²) in [5.74, 6) is 0.308. The van der Waals surface area contributed by atoms with Gasteiger partial charge >= 0.3 is 0 Å². The highest BCUT2D eigenvalue weighted by Gasteiger charge is 2.13. The molecule has 31 heavy (non-hydrogen) atoms. The standard InChI is InChI=1S/C24H24BrN5O/c1-16-4-6-19(7-5-16)13-29-15-22(25)23(28-29)26-24(31)21-10-8-20(9-11-21)14-30-18(3)12-17(2)27-30/h4-12,15H,13-14H2,1-3H3,(H,26,28,31). The van der Waals surface area contributed by atoms with Crippen molar-refractivity contribution in [2.75, 3.05) is 5.32 Å². The van der Waals surface area contributed by atoms with Gasteiger partial charge in [-0.1, -0.05) is 42.0 Å². The Morgan fingerprint density at radius 3 is 2.23 bits per heavy atom. The molecule has 0 aliphatic heterocycles. The molecule has 0 bridgehead atoms. The number of carbonyl (C=O) groups excluding carboxylic acids is 1. The minimum absolute atomic E-state index is 0.195. The number of aromatic nitrogens is 4. The lowest BCUT2D eigenvalue weighted by Gasteiger charge is -2.07. The van der Waals surface area contributed by atoms with Crippen LogP contribution in [-0.2, 0) is 13.1 Å². The highest BCUT2D eigenvalue weighted by atomic mass is 79.9. The first-order chi connectivity index (χ1) is 14.9. The lowest BCUT2D eigenvalue weighted by molar-refractivity contribution is 0.102. The number of aryl methyl sites for hydroxylation is 3. The summed E-state index contributed by atoms with van der Waals surface area (Å²) in [6, 6.07) is 17.9. The molecule has 0 radical (unpaired) electrons. The molecule has 0 atom stereocenters. The topological polar surface area (TPSA) is 64.7 Å². The van der Waals surface area contributed by atoms with Gasteiger partial charge in [0.25, 0.3) is 5.91 Å². The van der Waals surface area contributed by atoms with E-state index in [1.54, 1.807) is 0 Å². The van der Waals surface area contributed by atoms with Crippen molar-refractivity contribution < 1.29 is 4.79 Å². The summed E-state index contributed by atoms with van der Waals surface area (Å²) >= 11 is 3.49. The molecule has 0 saturated heterocycles. The zero-order valence-corrected chi connectivity index (χ0v) is 19.3. The Labute approximate surface area is 190 Å². The maximum atomic E-state index is 12.7. The van der Waals surface area contributed by atoms with Crippen LogP contribution < -0.4 is 5.32 Å². The summed E-state index contributed by atoms with van der Waals surface area (Å²) < 4.78 is 4.51. The van der Waals surface area contributed by atoms with Crippen LogP contribution >= 0.6 is 15.9 Å². The molecule has 4 aromatic rings. The van der Waals surface area contributed by atoms with Crippen LogP contribution in [0.2, 0.25) is 0 Å². The molecule has 7 heteroatoms. The van der Waals surface area contributed by atoms with Gasteiger partial charge in [0.1, 0.15) is 0 Å². The van der Waals surface area contributed by atoms with Crippen molar-refractivity contribution in [2.24, 2.45) is 0 Å². The van der Waals surface area contributed by atoms with Gasteiger partial charge in [-0.25, -0.2) is 0 Å². The molecule has 1 N–H and O–H groups in total. The van der Waals surface area contributed by atoms with Gasteiger partial charge in [0.05, 0.1) is 23.3 Å². The van der Waals surface area contributed by atoms with Crippen LogP contribution in [-0.4, -0.2) is 25.5 Å². The first kappa shape index (κ1) is 21.1. The van der Waals surface area contributed by atoms with Crippen LogP contribution in [0.3, 0.4) is 0 Å². The molecule has 4 rings (SSSR count). The van der Waals surface area contributed by atoms with E-state index in [4.69, 9.17) is 0 Å². The molecule has 0 aliphatic rings. The molecule has 158 valence electrons. The second kappa shape index (κ2) is 8.89. The zero-order valence-electron chi connectivity index (χ0n) is 17.8. The van der Waals surface area contributed by atoms with E-state index in [0.717, 1.165) is 27.0 Å².